The maximum Gasteiger partial charge on any atom is 0.194 e. The van der Waals surface area contributed by atoms with E-state index in [9.17, 15) is 13.2 Å². The van der Waals surface area contributed by atoms with Crippen LogP contribution in [0.2, 0.25) is 0 Å². The Morgan fingerprint density at radius 2 is 1.94 bits per heavy atom. The average molecular weight is 468 g/mol. The van der Waals surface area contributed by atoms with E-state index < -0.39 is 23.6 Å². The number of oxime groups is 1. The van der Waals surface area contributed by atoms with Gasteiger partial charge in [0.1, 0.15) is 5.75 Å². The maximum atomic E-state index is 13.7. The van der Waals surface area contributed by atoms with E-state index in [-0.39, 0.29) is 5.56 Å². The molecule has 9 heteroatoms. The summed E-state index contributed by atoms with van der Waals surface area (Å²) in [5, 5.41) is 4.27. The Kier molecular flexibility index (Phi) is 5.77. The van der Waals surface area contributed by atoms with E-state index in [1.54, 1.807) is 13.4 Å². The molecular formula is C25H23F3N4O2. The molecule has 3 heterocycles. The predicted molar refractivity (Wildman–Crippen MR) is 121 cm³/mol. The molecule has 0 aliphatic carbocycles. The van der Waals surface area contributed by atoms with Gasteiger partial charge in [0, 0.05) is 18.3 Å². The Morgan fingerprint density at radius 1 is 1.15 bits per heavy atom. The highest BCUT2D eigenvalue weighted by Gasteiger charge is 2.31. The maximum absolute atomic E-state index is 13.7. The number of halogens is 3. The minimum absolute atomic E-state index is 0.213. The number of hydrogen-bond donors (Lipinski definition) is 0. The molecule has 1 fully saturated rings. The summed E-state index contributed by atoms with van der Waals surface area (Å²) in [5.74, 6) is -2.57. The second kappa shape index (κ2) is 8.89. The molecule has 2 aromatic carbocycles. The van der Waals surface area contributed by atoms with Gasteiger partial charge in [-0.15, -0.1) is 0 Å². The van der Waals surface area contributed by atoms with Crippen molar-refractivity contribution >= 4 is 11.9 Å². The van der Waals surface area contributed by atoms with Gasteiger partial charge in [-0.2, -0.15) is 0 Å². The smallest absolute Gasteiger partial charge is 0.194 e. The number of nitrogens with zero attached hydrogens (tertiary/aromatic N) is 4. The summed E-state index contributed by atoms with van der Waals surface area (Å²) in [6.07, 6.45) is 6.73. The number of ether oxygens (including phenoxy) is 1. The first-order valence-corrected chi connectivity index (χ1v) is 11.0. The molecular weight excluding hydrogens is 445 g/mol. The molecule has 6 nitrogen and oxygen atoms in total. The SMILES string of the molecule is COc1cc(/C=C2\CCCN3C[C@@H](c4cc(F)c(F)c(F)c4)ON=C23)ccc1-n1cnc(C)c1. The molecule has 1 aromatic heterocycles. The molecule has 1 atom stereocenters. The van der Waals surface area contributed by atoms with Crippen LogP contribution in [-0.2, 0) is 4.84 Å². The number of fused-ring (bicyclic) bond motifs is 1. The number of rotatable bonds is 4. The van der Waals surface area contributed by atoms with Gasteiger partial charge < -0.3 is 19.0 Å². The van der Waals surface area contributed by atoms with Crippen molar-refractivity contribution in [3.05, 3.63) is 82.7 Å². The van der Waals surface area contributed by atoms with Crippen LogP contribution >= 0.6 is 0 Å². The summed E-state index contributed by atoms with van der Waals surface area (Å²) in [4.78, 5) is 11.9. The van der Waals surface area contributed by atoms with Gasteiger partial charge in [-0.05, 0) is 61.2 Å². The molecule has 176 valence electrons. The van der Waals surface area contributed by atoms with Crippen LogP contribution in [0.15, 0.2) is 53.6 Å². The molecule has 1 saturated heterocycles. The molecule has 0 radical (unpaired) electrons. The van der Waals surface area contributed by atoms with Crippen LogP contribution < -0.4 is 4.74 Å². The van der Waals surface area contributed by atoms with E-state index in [1.165, 1.54) is 0 Å². The Balaban J connectivity index is 1.41. The Morgan fingerprint density at radius 3 is 2.65 bits per heavy atom. The monoisotopic (exact) mass is 468 g/mol. The normalized spacial score (nSPS) is 19.0. The third-order valence-electron chi connectivity index (χ3n) is 6.03. The van der Waals surface area contributed by atoms with Gasteiger partial charge >= 0.3 is 0 Å². The summed E-state index contributed by atoms with van der Waals surface area (Å²) in [7, 11) is 1.63. The highest BCUT2D eigenvalue weighted by Crippen LogP contribution is 2.32. The Hall–Kier alpha value is -3.75. The fraction of sp³-hybridized carbons (Fsp3) is 0.280. The molecule has 34 heavy (non-hydrogen) atoms. The van der Waals surface area contributed by atoms with Crippen LogP contribution in [0.25, 0.3) is 11.8 Å². The standard InChI is InChI=1S/C25H23F3N4O2/c1-15-12-32(14-29-15)21-6-5-16(9-22(21)33-2)8-17-4-3-7-31-13-23(34-30-25(17)31)18-10-19(26)24(28)20(27)11-18/h5-6,8-12,14,23H,3-4,7,13H2,1-2H3/b17-8+/t23-/m0/s1. The molecule has 0 spiro atoms. The zero-order valence-corrected chi connectivity index (χ0v) is 18.8. The van der Waals surface area contributed by atoms with Gasteiger partial charge in [0.25, 0.3) is 0 Å². The van der Waals surface area contributed by atoms with Crippen LogP contribution in [-0.4, -0.2) is 40.5 Å². The van der Waals surface area contributed by atoms with Crippen molar-refractivity contribution in [1.29, 1.82) is 0 Å². The fourth-order valence-corrected chi connectivity index (χ4v) is 4.34. The van der Waals surface area contributed by atoms with E-state index in [1.807, 2.05) is 46.9 Å². The molecule has 0 N–H and O–H groups in total. The highest BCUT2D eigenvalue weighted by molar-refractivity contribution is 6.02. The van der Waals surface area contributed by atoms with Crippen molar-refractivity contribution in [3.63, 3.8) is 0 Å². The molecule has 2 aliphatic rings. The van der Waals surface area contributed by atoms with E-state index in [0.717, 1.165) is 54.0 Å². The summed E-state index contributed by atoms with van der Waals surface area (Å²) in [6, 6.07) is 7.84. The number of imidazole rings is 1. The van der Waals surface area contributed by atoms with Crippen molar-refractivity contribution in [3.8, 4) is 11.4 Å². The Bertz CT molecular complexity index is 1280. The van der Waals surface area contributed by atoms with Crippen LogP contribution in [0, 0.1) is 24.4 Å². The second-order valence-electron chi connectivity index (χ2n) is 8.38. The number of hydrogen-bond acceptors (Lipinski definition) is 5. The van der Waals surface area contributed by atoms with Crippen molar-refractivity contribution < 1.29 is 22.7 Å². The van der Waals surface area contributed by atoms with Gasteiger partial charge in [0.15, 0.2) is 29.4 Å². The second-order valence-corrected chi connectivity index (χ2v) is 8.38. The van der Waals surface area contributed by atoms with E-state index in [0.29, 0.717) is 18.1 Å². The number of aryl methyl sites for hydroxylation is 1. The number of methoxy groups -OCH3 is 1. The zero-order valence-electron chi connectivity index (χ0n) is 18.8. The third kappa shape index (κ3) is 4.13. The minimum atomic E-state index is -1.49. The summed E-state index contributed by atoms with van der Waals surface area (Å²) in [5.41, 5.74) is 3.95. The molecule has 0 unspecified atom stereocenters. The Labute approximate surface area is 194 Å². The number of aromatic nitrogens is 2. The lowest BCUT2D eigenvalue weighted by Gasteiger charge is -2.37. The average Bonchev–Trinajstić information content (AvgIpc) is 3.28. The summed E-state index contributed by atoms with van der Waals surface area (Å²) >= 11 is 0. The summed E-state index contributed by atoms with van der Waals surface area (Å²) in [6.45, 7) is 3.03. The van der Waals surface area contributed by atoms with Crippen molar-refractivity contribution in [2.45, 2.75) is 25.9 Å². The van der Waals surface area contributed by atoms with Crippen molar-refractivity contribution in [2.24, 2.45) is 5.16 Å². The summed E-state index contributed by atoms with van der Waals surface area (Å²) < 4.78 is 48.2. The van der Waals surface area contributed by atoms with Crippen LogP contribution in [0.5, 0.6) is 5.75 Å². The molecule has 5 rings (SSSR count). The lowest BCUT2D eigenvalue weighted by molar-refractivity contribution is 0.0179. The van der Waals surface area contributed by atoms with Gasteiger partial charge in [-0.1, -0.05) is 11.2 Å². The van der Waals surface area contributed by atoms with Crippen LogP contribution in [0.3, 0.4) is 0 Å². The van der Waals surface area contributed by atoms with Crippen molar-refractivity contribution in [2.75, 3.05) is 20.2 Å². The number of piperidine rings is 1. The lowest BCUT2D eigenvalue weighted by atomic mass is 9.98. The third-order valence-corrected chi connectivity index (χ3v) is 6.03. The van der Waals surface area contributed by atoms with E-state index in [2.05, 4.69) is 10.1 Å². The predicted octanol–water partition coefficient (Wildman–Crippen LogP) is 5.17. The number of benzene rings is 2. The van der Waals surface area contributed by atoms with Crippen molar-refractivity contribution in [1.82, 2.24) is 14.5 Å². The van der Waals surface area contributed by atoms with E-state index >= 15 is 0 Å². The largest absolute Gasteiger partial charge is 0.495 e. The minimum Gasteiger partial charge on any atom is -0.495 e. The topological polar surface area (TPSA) is 51.9 Å². The van der Waals surface area contributed by atoms with Gasteiger partial charge in [-0.25, -0.2) is 18.2 Å². The zero-order chi connectivity index (χ0) is 23.8. The quantitative estimate of drug-likeness (QED) is 0.496. The van der Waals surface area contributed by atoms with E-state index in [4.69, 9.17) is 9.57 Å². The van der Waals surface area contributed by atoms with Crippen LogP contribution in [0.4, 0.5) is 13.2 Å². The highest BCUT2D eigenvalue weighted by atomic mass is 19.2. The fourth-order valence-electron chi connectivity index (χ4n) is 4.34. The molecule has 0 bridgehead atoms. The first-order valence-electron chi connectivity index (χ1n) is 11.0. The lowest BCUT2D eigenvalue weighted by Crippen LogP contribution is -2.43. The van der Waals surface area contributed by atoms with Gasteiger partial charge in [-0.3, -0.25) is 0 Å². The van der Waals surface area contributed by atoms with Gasteiger partial charge in [0.2, 0.25) is 0 Å². The van der Waals surface area contributed by atoms with Crippen LogP contribution in [0.1, 0.15) is 35.8 Å². The molecule has 0 amide bonds. The molecule has 3 aromatic rings. The number of amidine groups is 1. The molecule has 0 saturated carbocycles. The van der Waals surface area contributed by atoms with Gasteiger partial charge in [0.05, 0.1) is 31.4 Å². The first-order chi connectivity index (χ1) is 16.4. The molecule has 2 aliphatic heterocycles. The first kappa shape index (κ1) is 22.1.